The number of benzene rings is 2. The van der Waals surface area contributed by atoms with E-state index >= 15 is 0 Å². The van der Waals surface area contributed by atoms with Crippen molar-refractivity contribution >= 4 is 45.4 Å². The Morgan fingerprint density at radius 2 is 1.73 bits per heavy atom. The smallest absolute Gasteiger partial charge is 0.335 e. The maximum atomic E-state index is 13.3. The Balaban J connectivity index is 2.14. The molecule has 0 saturated heterocycles. The molecule has 13 heteroatoms. The fourth-order valence-corrected chi connectivity index (χ4v) is 5.69. The minimum absolute atomic E-state index is 0.0404. The van der Waals surface area contributed by atoms with Crippen LogP contribution < -0.4 is 21.1 Å². The van der Waals surface area contributed by atoms with Crippen LogP contribution in [0.25, 0.3) is 0 Å². The van der Waals surface area contributed by atoms with Gasteiger partial charge in [0.2, 0.25) is 21.8 Å². The van der Waals surface area contributed by atoms with Crippen molar-refractivity contribution in [2.24, 2.45) is 11.7 Å². The average molecular weight is 592 g/mol. The van der Waals surface area contributed by atoms with Crippen LogP contribution in [-0.4, -0.2) is 61.2 Å². The number of nitrogens with two attached hydrogens (primary N) is 1. The van der Waals surface area contributed by atoms with Crippen LogP contribution in [0.2, 0.25) is 0 Å². The molecule has 0 heterocycles. The van der Waals surface area contributed by atoms with Gasteiger partial charge >= 0.3 is 5.97 Å². The molecule has 2 amide bonds. The van der Waals surface area contributed by atoms with E-state index in [0.717, 1.165) is 5.56 Å². The molecule has 0 saturated carbocycles. The van der Waals surface area contributed by atoms with E-state index in [4.69, 9.17) is 11.1 Å². The first-order valence-electron chi connectivity index (χ1n) is 12.7. The monoisotopic (exact) mass is 591 g/mol. The number of carbonyl (C=O) groups is 3. The predicted molar refractivity (Wildman–Crippen MR) is 157 cm³/mol. The zero-order valence-electron chi connectivity index (χ0n) is 22.8. The number of thioether (sulfide) groups is 1. The van der Waals surface area contributed by atoms with E-state index in [1.807, 2.05) is 13.2 Å². The lowest BCUT2D eigenvalue weighted by Crippen LogP contribution is -2.55. The SMILES string of the molecule is CCC(C)[C@@H](NS(=O)(=O)Cc1cccc(C(=O)O)c1)C(=O)N[C@@H](CCSC)C(=O)NCc1ccc(C(=N)N)cc1. The summed E-state index contributed by atoms with van der Waals surface area (Å²) in [6.45, 7) is 3.75. The van der Waals surface area contributed by atoms with Crippen molar-refractivity contribution < 1.29 is 27.9 Å². The first-order chi connectivity index (χ1) is 18.9. The zero-order chi connectivity index (χ0) is 29.9. The molecule has 0 spiro atoms. The highest BCUT2D eigenvalue weighted by molar-refractivity contribution is 7.98. The molecule has 1 unspecified atom stereocenters. The van der Waals surface area contributed by atoms with Crippen molar-refractivity contribution in [3.8, 4) is 0 Å². The second kappa shape index (κ2) is 15.4. The number of hydrogen-bond acceptors (Lipinski definition) is 7. The normalized spacial score (nSPS) is 13.6. The summed E-state index contributed by atoms with van der Waals surface area (Å²) >= 11 is 1.51. The van der Waals surface area contributed by atoms with E-state index < -0.39 is 45.6 Å². The third kappa shape index (κ3) is 10.3. The molecule has 0 aliphatic heterocycles. The van der Waals surface area contributed by atoms with Crippen LogP contribution >= 0.6 is 11.8 Å². The van der Waals surface area contributed by atoms with Gasteiger partial charge in [-0.2, -0.15) is 11.8 Å². The molecule has 2 aromatic carbocycles. The maximum absolute atomic E-state index is 13.3. The Kier molecular flexibility index (Phi) is 12.6. The Morgan fingerprint density at radius 1 is 1.05 bits per heavy atom. The molecule has 40 heavy (non-hydrogen) atoms. The molecule has 3 atom stereocenters. The first kappa shape index (κ1) is 32.8. The number of sulfonamides is 1. The van der Waals surface area contributed by atoms with Gasteiger partial charge in [-0.15, -0.1) is 0 Å². The maximum Gasteiger partial charge on any atom is 0.335 e. The number of carboxylic acids is 1. The Labute approximate surface area is 239 Å². The quantitative estimate of drug-likeness (QED) is 0.126. The summed E-state index contributed by atoms with van der Waals surface area (Å²) in [5.41, 5.74) is 7.05. The highest BCUT2D eigenvalue weighted by atomic mass is 32.2. The molecular weight excluding hydrogens is 554 g/mol. The lowest BCUT2D eigenvalue weighted by Gasteiger charge is -2.26. The lowest BCUT2D eigenvalue weighted by atomic mass is 9.99. The number of nitrogen functional groups attached to an aromatic ring is 1. The van der Waals surface area contributed by atoms with Crippen LogP contribution in [0.3, 0.4) is 0 Å². The van der Waals surface area contributed by atoms with Crippen molar-refractivity contribution in [1.82, 2.24) is 15.4 Å². The Bertz CT molecular complexity index is 1300. The van der Waals surface area contributed by atoms with E-state index in [9.17, 15) is 27.9 Å². The molecular formula is C27H37N5O6S2. The largest absolute Gasteiger partial charge is 0.478 e. The molecule has 0 bridgehead atoms. The van der Waals surface area contributed by atoms with E-state index in [0.29, 0.717) is 24.2 Å². The molecule has 2 rings (SSSR count). The first-order valence-corrected chi connectivity index (χ1v) is 15.7. The summed E-state index contributed by atoms with van der Waals surface area (Å²) in [4.78, 5) is 37.6. The van der Waals surface area contributed by atoms with E-state index in [-0.39, 0.29) is 29.4 Å². The van der Waals surface area contributed by atoms with Gasteiger partial charge in [0.1, 0.15) is 17.9 Å². The van der Waals surface area contributed by atoms with Crippen LogP contribution in [0.1, 0.15) is 53.7 Å². The van der Waals surface area contributed by atoms with Gasteiger partial charge in [0.25, 0.3) is 0 Å². The van der Waals surface area contributed by atoms with Crippen molar-refractivity contribution in [2.75, 3.05) is 12.0 Å². The summed E-state index contributed by atoms with van der Waals surface area (Å²) in [6, 6.07) is 10.4. The molecule has 2 aromatic rings. The van der Waals surface area contributed by atoms with E-state index in [1.54, 1.807) is 31.2 Å². The van der Waals surface area contributed by atoms with Gasteiger partial charge in [-0.3, -0.25) is 15.0 Å². The van der Waals surface area contributed by atoms with E-state index in [1.165, 1.54) is 36.0 Å². The Hall–Kier alpha value is -3.42. The number of carboxylic acid groups (broad SMARTS) is 1. The molecule has 0 aliphatic rings. The molecule has 11 nitrogen and oxygen atoms in total. The highest BCUT2D eigenvalue weighted by Crippen LogP contribution is 2.14. The third-order valence-electron chi connectivity index (χ3n) is 6.31. The number of aromatic carboxylic acids is 1. The molecule has 0 aromatic heterocycles. The van der Waals surface area contributed by atoms with Gasteiger partial charge in [0, 0.05) is 12.1 Å². The summed E-state index contributed by atoms with van der Waals surface area (Å²) in [5.74, 6) is -2.57. The van der Waals surface area contributed by atoms with E-state index in [2.05, 4.69) is 15.4 Å². The van der Waals surface area contributed by atoms with Gasteiger partial charge in [-0.25, -0.2) is 17.9 Å². The number of carbonyl (C=O) groups excluding carboxylic acids is 2. The van der Waals surface area contributed by atoms with Gasteiger partial charge in [-0.05, 0) is 47.6 Å². The molecule has 218 valence electrons. The van der Waals surface area contributed by atoms with Gasteiger partial charge in [0.05, 0.1) is 11.3 Å². The predicted octanol–water partition coefficient (Wildman–Crippen LogP) is 2.06. The van der Waals surface area contributed by atoms with Crippen LogP contribution in [0, 0.1) is 11.3 Å². The third-order valence-corrected chi connectivity index (χ3v) is 8.28. The number of amidine groups is 1. The molecule has 0 fully saturated rings. The number of rotatable bonds is 16. The van der Waals surface area contributed by atoms with Gasteiger partial charge in [0.15, 0.2) is 0 Å². The molecule has 0 aliphatic carbocycles. The van der Waals surface area contributed by atoms with Crippen molar-refractivity contribution in [1.29, 1.82) is 5.41 Å². The molecule has 7 N–H and O–H groups in total. The standard InChI is InChI=1S/C27H37N5O6S2/c1-4-17(2)23(32-40(37,38)16-19-6-5-7-21(14-19)27(35)36)26(34)31-22(12-13-39-3)25(33)30-15-18-8-10-20(11-9-18)24(28)29/h5-11,14,17,22-23,32H,4,12-13,15-16H2,1-3H3,(H3,28,29)(H,30,33)(H,31,34)(H,35,36)/t17?,22-,23+/m0/s1. The Morgan fingerprint density at radius 3 is 2.30 bits per heavy atom. The zero-order valence-corrected chi connectivity index (χ0v) is 24.4. The van der Waals surface area contributed by atoms with Crippen LogP contribution in [0.5, 0.6) is 0 Å². The topological polar surface area (TPSA) is 192 Å². The second-order valence-electron chi connectivity index (χ2n) is 9.42. The second-order valence-corrected chi connectivity index (χ2v) is 12.2. The highest BCUT2D eigenvalue weighted by Gasteiger charge is 2.32. The van der Waals surface area contributed by atoms with Gasteiger partial charge in [-0.1, -0.05) is 56.7 Å². The minimum Gasteiger partial charge on any atom is -0.478 e. The summed E-state index contributed by atoms with van der Waals surface area (Å²) in [7, 11) is -4.04. The summed E-state index contributed by atoms with van der Waals surface area (Å²) in [5, 5.41) is 22.2. The van der Waals surface area contributed by atoms with Gasteiger partial charge < -0.3 is 21.5 Å². The van der Waals surface area contributed by atoms with Crippen molar-refractivity contribution in [3.05, 3.63) is 70.8 Å². The average Bonchev–Trinajstić information content (AvgIpc) is 2.92. The summed E-state index contributed by atoms with van der Waals surface area (Å²) in [6.07, 6.45) is 2.71. The number of nitrogens with one attached hydrogen (secondary N) is 4. The fourth-order valence-electron chi connectivity index (χ4n) is 3.79. The summed E-state index contributed by atoms with van der Waals surface area (Å²) < 4.78 is 28.4. The fraction of sp³-hybridized carbons (Fsp3) is 0.407. The van der Waals surface area contributed by atoms with Crippen molar-refractivity contribution in [2.45, 2.75) is 51.1 Å². The number of amides is 2. The van der Waals surface area contributed by atoms with Crippen LogP contribution in [0.15, 0.2) is 48.5 Å². The lowest BCUT2D eigenvalue weighted by molar-refractivity contribution is -0.130. The minimum atomic E-state index is -4.04. The molecule has 0 radical (unpaired) electrons. The van der Waals surface area contributed by atoms with Crippen molar-refractivity contribution in [3.63, 3.8) is 0 Å². The van der Waals surface area contributed by atoms with Crippen LogP contribution in [-0.2, 0) is 31.9 Å². The van der Waals surface area contributed by atoms with Crippen LogP contribution in [0.4, 0.5) is 0 Å². The number of hydrogen-bond donors (Lipinski definition) is 6.